The lowest BCUT2D eigenvalue weighted by atomic mass is 10.00. The number of carboxylic acid groups (broad SMARTS) is 1. The Balaban J connectivity index is 2.30. The number of hydrogen-bond donors (Lipinski definition) is 1. The van der Waals surface area contributed by atoms with Crippen LogP contribution in [-0.2, 0) is 9.53 Å². The second kappa shape index (κ2) is 4.26. The Morgan fingerprint density at radius 3 is 2.92 bits per heavy atom. The topological polar surface area (TPSA) is 49.8 Å². The lowest BCUT2D eigenvalue weighted by Gasteiger charge is -2.06. The Hall–Kier alpha value is -0.830. The summed E-state index contributed by atoms with van der Waals surface area (Å²) < 4.78 is 4.98. The van der Waals surface area contributed by atoms with Crippen LogP contribution in [0.25, 0.3) is 0 Å². The van der Waals surface area contributed by atoms with Gasteiger partial charge in [0.1, 0.15) is 0 Å². The predicted molar refractivity (Wildman–Crippen MR) is 44.9 cm³/mol. The highest BCUT2D eigenvalue weighted by Crippen LogP contribution is 2.22. The van der Waals surface area contributed by atoms with E-state index in [0.29, 0.717) is 12.8 Å². The first kappa shape index (κ1) is 9.26. The van der Waals surface area contributed by atoms with Gasteiger partial charge in [-0.05, 0) is 19.8 Å². The second-order valence-corrected chi connectivity index (χ2v) is 3.03. The van der Waals surface area contributed by atoms with Gasteiger partial charge in [-0.3, -0.25) is 4.79 Å². The molecule has 0 aromatic carbocycles. The quantitative estimate of drug-likeness (QED) is 0.501. The Morgan fingerprint density at radius 1 is 1.83 bits per heavy atom. The van der Waals surface area contributed by atoms with Crippen molar-refractivity contribution in [3.63, 3.8) is 0 Å². The average Bonchev–Trinajstić information content (AvgIpc) is 2.80. The molecule has 3 nitrogen and oxygen atoms in total. The van der Waals surface area contributed by atoms with Crippen LogP contribution in [0.4, 0.5) is 0 Å². The Morgan fingerprint density at radius 2 is 2.50 bits per heavy atom. The summed E-state index contributed by atoms with van der Waals surface area (Å²) in [4.78, 5) is 10.7. The standard InChI is InChI=1S/C9H14O3/c1-2-3-4-7(9(10)11)5-8-6-12-8/h2-3,7-8H,4-6H2,1H3,(H,10,11). The lowest BCUT2D eigenvalue weighted by Crippen LogP contribution is -2.15. The third-order valence-corrected chi connectivity index (χ3v) is 1.96. The second-order valence-electron chi connectivity index (χ2n) is 3.03. The van der Waals surface area contributed by atoms with Crippen LogP contribution < -0.4 is 0 Å². The van der Waals surface area contributed by atoms with E-state index in [-0.39, 0.29) is 12.0 Å². The van der Waals surface area contributed by atoms with Crippen molar-refractivity contribution >= 4 is 5.97 Å². The van der Waals surface area contributed by atoms with Gasteiger partial charge in [-0.1, -0.05) is 12.2 Å². The number of ether oxygens (including phenoxy) is 1. The first-order valence-corrected chi connectivity index (χ1v) is 4.19. The largest absolute Gasteiger partial charge is 0.481 e. The van der Waals surface area contributed by atoms with E-state index in [1.807, 2.05) is 19.1 Å². The monoisotopic (exact) mass is 170 g/mol. The van der Waals surface area contributed by atoms with Crippen molar-refractivity contribution in [1.29, 1.82) is 0 Å². The molecule has 2 atom stereocenters. The Kier molecular flexibility index (Phi) is 3.29. The first-order chi connectivity index (χ1) is 5.74. The van der Waals surface area contributed by atoms with E-state index in [9.17, 15) is 4.79 Å². The molecule has 0 aromatic heterocycles. The molecule has 3 heteroatoms. The SMILES string of the molecule is CC=CCC(CC1CO1)C(=O)O. The van der Waals surface area contributed by atoms with Crippen molar-refractivity contribution in [2.24, 2.45) is 5.92 Å². The maximum absolute atomic E-state index is 10.7. The molecule has 0 aliphatic carbocycles. The van der Waals surface area contributed by atoms with Gasteiger partial charge >= 0.3 is 5.97 Å². The van der Waals surface area contributed by atoms with Crippen LogP contribution in [0, 0.1) is 5.92 Å². The molecule has 0 radical (unpaired) electrons. The number of aliphatic carboxylic acids is 1. The summed E-state index contributed by atoms with van der Waals surface area (Å²) in [5, 5.41) is 8.79. The van der Waals surface area contributed by atoms with Gasteiger partial charge in [0.15, 0.2) is 0 Å². The van der Waals surface area contributed by atoms with Gasteiger partial charge in [0.2, 0.25) is 0 Å². The minimum atomic E-state index is -0.719. The summed E-state index contributed by atoms with van der Waals surface area (Å²) in [5.74, 6) is -0.989. The van der Waals surface area contributed by atoms with E-state index >= 15 is 0 Å². The minimum absolute atomic E-state index is 0.205. The van der Waals surface area contributed by atoms with E-state index in [0.717, 1.165) is 6.61 Å². The van der Waals surface area contributed by atoms with E-state index in [1.54, 1.807) is 0 Å². The number of carboxylic acids is 1. The van der Waals surface area contributed by atoms with Crippen LogP contribution in [-0.4, -0.2) is 23.8 Å². The van der Waals surface area contributed by atoms with Crippen molar-refractivity contribution in [1.82, 2.24) is 0 Å². The lowest BCUT2D eigenvalue weighted by molar-refractivity contribution is -0.142. The number of allylic oxidation sites excluding steroid dienone is 2. The van der Waals surface area contributed by atoms with Crippen molar-refractivity contribution in [2.75, 3.05) is 6.61 Å². The van der Waals surface area contributed by atoms with Gasteiger partial charge in [-0.2, -0.15) is 0 Å². The molecule has 1 fully saturated rings. The van der Waals surface area contributed by atoms with Crippen molar-refractivity contribution in [3.8, 4) is 0 Å². The van der Waals surface area contributed by atoms with Crippen LogP contribution in [0.5, 0.6) is 0 Å². The third-order valence-electron chi connectivity index (χ3n) is 1.96. The van der Waals surface area contributed by atoms with Gasteiger partial charge in [0.25, 0.3) is 0 Å². The first-order valence-electron chi connectivity index (χ1n) is 4.19. The van der Waals surface area contributed by atoms with Crippen molar-refractivity contribution in [2.45, 2.75) is 25.9 Å². The van der Waals surface area contributed by atoms with Crippen molar-refractivity contribution < 1.29 is 14.6 Å². The molecule has 0 amide bonds. The fraction of sp³-hybridized carbons (Fsp3) is 0.667. The van der Waals surface area contributed by atoms with Crippen LogP contribution >= 0.6 is 0 Å². The molecule has 1 saturated heterocycles. The third kappa shape index (κ3) is 3.05. The van der Waals surface area contributed by atoms with Crippen LogP contribution in [0.3, 0.4) is 0 Å². The maximum Gasteiger partial charge on any atom is 0.306 e. The molecular weight excluding hydrogens is 156 g/mol. The molecular formula is C9H14O3. The molecule has 1 aliphatic rings. The number of rotatable bonds is 5. The van der Waals surface area contributed by atoms with Gasteiger partial charge in [-0.25, -0.2) is 0 Å². The molecule has 0 saturated carbocycles. The zero-order valence-corrected chi connectivity index (χ0v) is 7.19. The molecule has 0 spiro atoms. The smallest absolute Gasteiger partial charge is 0.306 e. The highest BCUT2D eigenvalue weighted by molar-refractivity contribution is 5.70. The number of carbonyl (C=O) groups is 1. The van der Waals surface area contributed by atoms with Crippen LogP contribution in [0.15, 0.2) is 12.2 Å². The molecule has 1 N–H and O–H groups in total. The van der Waals surface area contributed by atoms with Gasteiger partial charge in [-0.15, -0.1) is 0 Å². The van der Waals surface area contributed by atoms with Crippen LogP contribution in [0.1, 0.15) is 19.8 Å². The van der Waals surface area contributed by atoms with Crippen LogP contribution in [0.2, 0.25) is 0 Å². The summed E-state index contributed by atoms with van der Waals surface area (Å²) in [6.45, 7) is 2.63. The molecule has 68 valence electrons. The van der Waals surface area contributed by atoms with E-state index in [1.165, 1.54) is 0 Å². The summed E-state index contributed by atoms with van der Waals surface area (Å²) >= 11 is 0. The normalized spacial score (nSPS) is 24.2. The van der Waals surface area contributed by atoms with Gasteiger partial charge in [0, 0.05) is 0 Å². The average molecular weight is 170 g/mol. The summed E-state index contributed by atoms with van der Waals surface area (Å²) in [6.07, 6.45) is 5.24. The minimum Gasteiger partial charge on any atom is -0.481 e. The highest BCUT2D eigenvalue weighted by Gasteiger charge is 2.29. The fourth-order valence-electron chi connectivity index (χ4n) is 1.12. The summed E-state index contributed by atoms with van der Waals surface area (Å²) in [6, 6.07) is 0. The van der Waals surface area contributed by atoms with Gasteiger partial charge < -0.3 is 9.84 Å². The Bertz CT molecular complexity index is 182. The summed E-state index contributed by atoms with van der Waals surface area (Å²) in [5.41, 5.74) is 0. The molecule has 2 unspecified atom stereocenters. The van der Waals surface area contributed by atoms with E-state index in [2.05, 4.69) is 0 Å². The van der Waals surface area contributed by atoms with E-state index < -0.39 is 5.97 Å². The maximum atomic E-state index is 10.7. The Labute approximate surface area is 72.0 Å². The highest BCUT2D eigenvalue weighted by atomic mass is 16.6. The van der Waals surface area contributed by atoms with Crippen molar-refractivity contribution in [3.05, 3.63) is 12.2 Å². The zero-order valence-electron chi connectivity index (χ0n) is 7.19. The summed E-state index contributed by atoms with van der Waals surface area (Å²) in [7, 11) is 0. The number of hydrogen-bond acceptors (Lipinski definition) is 2. The number of epoxide rings is 1. The molecule has 0 bridgehead atoms. The van der Waals surface area contributed by atoms with E-state index in [4.69, 9.17) is 9.84 Å². The molecule has 0 aromatic rings. The molecule has 1 rings (SSSR count). The molecule has 1 heterocycles. The van der Waals surface area contributed by atoms with Gasteiger partial charge in [0.05, 0.1) is 18.6 Å². The zero-order chi connectivity index (χ0) is 8.97. The fourth-order valence-corrected chi connectivity index (χ4v) is 1.12. The molecule has 1 aliphatic heterocycles. The molecule has 12 heavy (non-hydrogen) atoms. The predicted octanol–water partition coefficient (Wildman–Crippen LogP) is 1.44.